The van der Waals surface area contributed by atoms with Gasteiger partial charge in [-0.25, -0.2) is 17.2 Å². The molecular weight excluding hydrogens is 416 g/mol. The highest BCUT2D eigenvalue weighted by molar-refractivity contribution is 7.89. The molecule has 30 heavy (non-hydrogen) atoms. The average Bonchev–Trinajstić information content (AvgIpc) is 3.26. The second-order valence-corrected chi connectivity index (χ2v) is 8.64. The number of rotatable bonds is 8. The summed E-state index contributed by atoms with van der Waals surface area (Å²) >= 11 is 0. The highest BCUT2D eigenvalue weighted by Crippen LogP contribution is 2.31. The lowest BCUT2D eigenvalue weighted by molar-refractivity contribution is -0.114. The number of ether oxygens (including phenoxy) is 1. The highest BCUT2D eigenvalue weighted by atomic mass is 32.2. The summed E-state index contributed by atoms with van der Waals surface area (Å²) in [4.78, 5) is 12.1. The van der Waals surface area contributed by atoms with Crippen LogP contribution in [-0.4, -0.2) is 44.9 Å². The van der Waals surface area contributed by atoms with Crippen molar-refractivity contribution < 1.29 is 26.7 Å². The number of benzene rings is 2. The summed E-state index contributed by atoms with van der Waals surface area (Å²) in [5, 5.41) is 5.29. The van der Waals surface area contributed by atoms with Gasteiger partial charge in [0.15, 0.2) is 11.6 Å². The number of hydrogen-bond acceptors (Lipinski definition) is 5. The van der Waals surface area contributed by atoms with E-state index in [2.05, 4.69) is 10.6 Å². The summed E-state index contributed by atoms with van der Waals surface area (Å²) < 4.78 is 59.1. The van der Waals surface area contributed by atoms with Crippen molar-refractivity contribution in [3.8, 4) is 5.75 Å². The molecule has 2 N–H and O–H groups in total. The zero-order valence-electron chi connectivity index (χ0n) is 16.5. The van der Waals surface area contributed by atoms with E-state index in [1.807, 2.05) is 0 Å². The fraction of sp³-hybridized carbons (Fsp3) is 0.350. The Morgan fingerprint density at radius 1 is 1.07 bits per heavy atom. The van der Waals surface area contributed by atoms with E-state index >= 15 is 0 Å². The second kappa shape index (κ2) is 9.40. The van der Waals surface area contributed by atoms with Gasteiger partial charge in [0.2, 0.25) is 15.9 Å². The Morgan fingerprint density at radius 3 is 2.43 bits per heavy atom. The average molecular weight is 439 g/mol. The third-order valence-electron chi connectivity index (χ3n) is 4.58. The van der Waals surface area contributed by atoms with Gasteiger partial charge in [0.1, 0.15) is 10.6 Å². The summed E-state index contributed by atoms with van der Waals surface area (Å²) in [5.41, 5.74) is 0.529. The van der Waals surface area contributed by atoms with E-state index in [4.69, 9.17) is 4.74 Å². The number of nitrogens with one attached hydrogen (secondary N) is 2. The van der Waals surface area contributed by atoms with Crippen molar-refractivity contribution in [1.29, 1.82) is 0 Å². The molecule has 0 unspecified atom stereocenters. The van der Waals surface area contributed by atoms with Gasteiger partial charge in [-0.15, -0.1) is 0 Å². The van der Waals surface area contributed by atoms with Crippen LogP contribution in [0.15, 0.2) is 41.3 Å². The molecule has 0 bridgehead atoms. The molecule has 0 radical (unpaired) electrons. The Labute approximate surface area is 174 Å². The first-order chi connectivity index (χ1) is 14.3. The first-order valence-corrected chi connectivity index (χ1v) is 11.0. The standard InChI is InChI=1S/C20H23F2N3O4S/c1-2-29-18-8-6-14(12-19(18)30(27,28)25-9-3-4-10-25)23-13-20(26)24-15-5-7-16(21)17(22)11-15/h5-8,11-12,23H,2-4,9-10,13H2,1H3,(H,24,26). The number of halogens is 2. The zero-order valence-corrected chi connectivity index (χ0v) is 17.3. The molecule has 7 nitrogen and oxygen atoms in total. The highest BCUT2D eigenvalue weighted by Gasteiger charge is 2.30. The Hall–Kier alpha value is -2.72. The van der Waals surface area contributed by atoms with Crippen LogP contribution in [0, 0.1) is 11.6 Å². The molecule has 1 saturated heterocycles. The number of carbonyl (C=O) groups is 1. The molecule has 2 aromatic carbocycles. The van der Waals surface area contributed by atoms with E-state index in [-0.39, 0.29) is 22.9 Å². The Morgan fingerprint density at radius 2 is 1.77 bits per heavy atom. The Bertz CT molecular complexity index is 1020. The fourth-order valence-electron chi connectivity index (χ4n) is 3.12. The van der Waals surface area contributed by atoms with Crippen LogP contribution >= 0.6 is 0 Å². The minimum Gasteiger partial charge on any atom is -0.492 e. The zero-order chi connectivity index (χ0) is 21.7. The van der Waals surface area contributed by atoms with E-state index in [1.165, 1.54) is 16.4 Å². The molecule has 0 atom stereocenters. The normalized spacial score (nSPS) is 14.5. The van der Waals surface area contributed by atoms with Crippen LogP contribution < -0.4 is 15.4 Å². The van der Waals surface area contributed by atoms with Crippen LogP contribution in [0.4, 0.5) is 20.2 Å². The van der Waals surface area contributed by atoms with Crippen LogP contribution in [0.2, 0.25) is 0 Å². The number of nitrogens with zero attached hydrogens (tertiary/aromatic N) is 1. The third kappa shape index (κ3) is 5.06. The van der Waals surface area contributed by atoms with Gasteiger partial charge < -0.3 is 15.4 Å². The summed E-state index contributed by atoms with van der Waals surface area (Å²) in [5.74, 6) is -2.32. The summed E-state index contributed by atoms with van der Waals surface area (Å²) in [6, 6.07) is 7.63. The van der Waals surface area contributed by atoms with E-state index < -0.39 is 27.6 Å². The topological polar surface area (TPSA) is 87.7 Å². The lowest BCUT2D eigenvalue weighted by Crippen LogP contribution is -2.28. The largest absolute Gasteiger partial charge is 0.492 e. The Kier molecular flexibility index (Phi) is 6.88. The molecule has 3 rings (SSSR count). The summed E-state index contributed by atoms with van der Waals surface area (Å²) in [6.07, 6.45) is 1.62. The molecule has 1 amide bonds. The van der Waals surface area contributed by atoms with E-state index in [1.54, 1.807) is 19.1 Å². The first-order valence-electron chi connectivity index (χ1n) is 9.57. The van der Waals surface area contributed by atoms with Gasteiger partial charge in [0.25, 0.3) is 0 Å². The smallest absolute Gasteiger partial charge is 0.246 e. The SMILES string of the molecule is CCOc1ccc(NCC(=O)Nc2ccc(F)c(F)c2)cc1S(=O)(=O)N1CCCC1. The van der Waals surface area contributed by atoms with E-state index in [9.17, 15) is 22.0 Å². The van der Waals surface area contributed by atoms with Gasteiger partial charge >= 0.3 is 0 Å². The molecule has 0 aromatic heterocycles. The van der Waals surface area contributed by atoms with Gasteiger partial charge in [-0.1, -0.05) is 0 Å². The molecule has 2 aromatic rings. The molecule has 0 saturated carbocycles. The summed E-state index contributed by atoms with van der Waals surface area (Å²) in [6.45, 7) is 2.80. The van der Waals surface area contributed by atoms with Crippen LogP contribution in [0.5, 0.6) is 5.75 Å². The monoisotopic (exact) mass is 439 g/mol. The summed E-state index contributed by atoms with van der Waals surface area (Å²) in [7, 11) is -3.72. The molecule has 10 heteroatoms. The van der Waals surface area contributed by atoms with Crippen molar-refractivity contribution in [2.45, 2.75) is 24.7 Å². The number of anilines is 2. The molecule has 1 fully saturated rings. The Balaban J connectivity index is 1.73. The van der Waals surface area contributed by atoms with Crippen LogP contribution in [0.3, 0.4) is 0 Å². The maximum atomic E-state index is 13.3. The quantitative estimate of drug-likeness (QED) is 0.660. The number of hydrogen-bond donors (Lipinski definition) is 2. The molecule has 0 spiro atoms. The van der Waals surface area contributed by atoms with Gasteiger partial charge in [-0.3, -0.25) is 4.79 Å². The van der Waals surface area contributed by atoms with E-state index in [0.29, 0.717) is 25.4 Å². The molecular formula is C20H23F2N3O4S. The van der Waals surface area contributed by atoms with E-state index in [0.717, 1.165) is 25.0 Å². The van der Waals surface area contributed by atoms with Crippen molar-refractivity contribution in [2.75, 3.05) is 36.9 Å². The maximum absolute atomic E-state index is 13.3. The van der Waals surface area contributed by atoms with Crippen molar-refractivity contribution in [3.63, 3.8) is 0 Å². The third-order valence-corrected chi connectivity index (χ3v) is 6.50. The number of carbonyl (C=O) groups excluding carboxylic acids is 1. The maximum Gasteiger partial charge on any atom is 0.246 e. The predicted molar refractivity (Wildman–Crippen MR) is 109 cm³/mol. The molecule has 162 valence electrons. The lowest BCUT2D eigenvalue weighted by Gasteiger charge is -2.19. The van der Waals surface area contributed by atoms with Crippen molar-refractivity contribution >= 4 is 27.3 Å². The van der Waals surface area contributed by atoms with Crippen LogP contribution in [0.1, 0.15) is 19.8 Å². The fourth-order valence-corrected chi connectivity index (χ4v) is 4.80. The van der Waals surface area contributed by atoms with Crippen molar-refractivity contribution in [1.82, 2.24) is 4.31 Å². The van der Waals surface area contributed by atoms with Gasteiger partial charge in [-0.2, -0.15) is 4.31 Å². The molecule has 1 aliphatic rings. The predicted octanol–water partition coefficient (Wildman–Crippen LogP) is 3.20. The number of sulfonamides is 1. The van der Waals surface area contributed by atoms with Gasteiger partial charge in [-0.05, 0) is 50.1 Å². The van der Waals surface area contributed by atoms with Crippen LogP contribution in [0.25, 0.3) is 0 Å². The van der Waals surface area contributed by atoms with Crippen molar-refractivity contribution in [3.05, 3.63) is 48.0 Å². The van der Waals surface area contributed by atoms with Gasteiger partial charge in [0.05, 0.1) is 13.2 Å². The molecule has 1 heterocycles. The minimum absolute atomic E-state index is 0.0391. The lowest BCUT2D eigenvalue weighted by atomic mass is 10.3. The second-order valence-electron chi connectivity index (χ2n) is 6.74. The molecule has 0 aliphatic carbocycles. The number of amides is 1. The molecule has 1 aliphatic heterocycles. The van der Waals surface area contributed by atoms with Crippen molar-refractivity contribution in [2.24, 2.45) is 0 Å². The first kappa shape index (κ1) is 22.0. The van der Waals surface area contributed by atoms with Crippen LogP contribution in [-0.2, 0) is 14.8 Å². The minimum atomic E-state index is -3.72. The van der Waals surface area contributed by atoms with Gasteiger partial charge in [0, 0.05) is 30.5 Å².